The Bertz CT molecular complexity index is 784. The average molecular weight is 337 g/mol. The summed E-state index contributed by atoms with van der Waals surface area (Å²) in [5.74, 6) is -0.0177. The van der Waals surface area contributed by atoms with E-state index in [0.717, 1.165) is 23.4 Å². The molecule has 0 saturated carbocycles. The van der Waals surface area contributed by atoms with Gasteiger partial charge in [0.05, 0.1) is 6.54 Å². The molecule has 0 aliphatic carbocycles. The Morgan fingerprint density at radius 2 is 1.88 bits per heavy atom. The van der Waals surface area contributed by atoms with E-state index in [1.54, 1.807) is 0 Å². The Kier molecular flexibility index (Phi) is 5.03. The van der Waals surface area contributed by atoms with Crippen molar-refractivity contribution >= 4 is 17.5 Å². The first-order chi connectivity index (χ1) is 12.0. The minimum atomic E-state index is -0.0696. The minimum Gasteiger partial charge on any atom is -0.360 e. The smallest absolute Gasteiger partial charge is 0.251 e. The molecule has 2 aromatic carbocycles. The van der Waals surface area contributed by atoms with Crippen molar-refractivity contribution in [2.45, 2.75) is 20.4 Å². The summed E-state index contributed by atoms with van der Waals surface area (Å²) in [5, 5.41) is 5.77. The molecule has 0 spiro atoms. The van der Waals surface area contributed by atoms with Gasteiger partial charge < -0.3 is 15.5 Å². The van der Waals surface area contributed by atoms with Crippen LogP contribution in [0.5, 0.6) is 0 Å². The summed E-state index contributed by atoms with van der Waals surface area (Å²) in [4.78, 5) is 25.8. The van der Waals surface area contributed by atoms with Crippen molar-refractivity contribution in [2.75, 3.05) is 24.5 Å². The molecule has 5 heteroatoms. The average Bonchev–Trinajstić information content (AvgIpc) is 2.62. The highest BCUT2D eigenvalue weighted by Crippen LogP contribution is 2.16. The van der Waals surface area contributed by atoms with E-state index in [1.807, 2.05) is 56.3 Å². The third-order valence-corrected chi connectivity index (χ3v) is 4.56. The van der Waals surface area contributed by atoms with Crippen LogP contribution in [0.25, 0.3) is 0 Å². The van der Waals surface area contributed by atoms with Crippen molar-refractivity contribution in [3.05, 3.63) is 64.7 Å². The topological polar surface area (TPSA) is 61.4 Å². The summed E-state index contributed by atoms with van der Waals surface area (Å²) < 4.78 is 0. The molecule has 3 rings (SSSR count). The third-order valence-electron chi connectivity index (χ3n) is 4.56. The summed E-state index contributed by atoms with van der Waals surface area (Å²) in [6.07, 6.45) is 0. The molecule has 1 fully saturated rings. The van der Waals surface area contributed by atoms with Gasteiger partial charge in [0, 0.05) is 30.9 Å². The minimum absolute atomic E-state index is 0.0518. The van der Waals surface area contributed by atoms with E-state index in [0.29, 0.717) is 25.2 Å². The van der Waals surface area contributed by atoms with Crippen molar-refractivity contribution in [2.24, 2.45) is 0 Å². The van der Waals surface area contributed by atoms with Gasteiger partial charge in [-0.25, -0.2) is 0 Å². The fraction of sp³-hybridized carbons (Fsp3) is 0.300. The zero-order valence-electron chi connectivity index (χ0n) is 14.6. The zero-order valence-corrected chi connectivity index (χ0v) is 14.6. The standard InChI is InChI=1S/C20H23N3O2/c1-14-3-6-17(11-15(14)2)20(25)22-12-16-4-7-18(8-5-16)23-10-9-21-19(24)13-23/h3-8,11H,9-10,12-13H2,1-2H3,(H,21,24)(H,22,25). The van der Waals surface area contributed by atoms with E-state index >= 15 is 0 Å². The lowest BCUT2D eigenvalue weighted by Gasteiger charge is -2.28. The van der Waals surface area contributed by atoms with Gasteiger partial charge in [0.1, 0.15) is 0 Å². The van der Waals surface area contributed by atoms with Crippen LogP contribution in [-0.4, -0.2) is 31.4 Å². The van der Waals surface area contributed by atoms with Crippen LogP contribution in [0.3, 0.4) is 0 Å². The second-order valence-corrected chi connectivity index (χ2v) is 6.42. The molecule has 1 aliphatic heterocycles. The van der Waals surface area contributed by atoms with Gasteiger partial charge in [-0.1, -0.05) is 18.2 Å². The molecule has 1 heterocycles. The first-order valence-corrected chi connectivity index (χ1v) is 8.49. The van der Waals surface area contributed by atoms with Gasteiger partial charge in [-0.05, 0) is 54.8 Å². The molecule has 2 amide bonds. The molecule has 0 unspecified atom stereocenters. The number of nitrogens with zero attached hydrogens (tertiary/aromatic N) is 1. The van der Waals surface area contributed by atoms with Crippen LogP contribution in [0, 0.1) is 13.8 Å². The van der Waals surface area contributed by atoms with Crippen LogP contribution in [0.2, 0.25) is 0 Å². The predicted octanol–water partition coefficient (Wildman–Crippen LogP) is 2.17. The summed E-state index contributed by atoms with van der Waals surface area (Å²) in [6.45, 7) is 6.40. The molecule has 0 atom stereocenters. The number of benzene rings is 2. The normalized spacial score (nSPS) is 14.2. The number of rotatable bonds is 4. The van der Waals surface area contributed by atoms with Crippen LogP contribution in [0.4, 0.5) is 5.69 Å². The Morgan fingerprint density at radius 1 is 1.12 bits per heavy atom. The quantitative estimate of drug-likeness (QED) is 0.899. The van der Waals surface area contributed by atoms with E-state index < -0.39 is 0 Å². The number of carbonyl (C=O) groups is 2. The van der Waals surface area contributed by atoms with Crippen molar-refractivity contribution in [1.29, 1.82) is 0 Å². The molecule has 1 aliphatic rings. The van der Waals surface area contributed by atoms with E-state index in [2.05, 4.69) is 15.5 Å². The number of hydrogen-bond donors (Lipinski definition) is 2. The van der Waals surface area contributed by atoms with Gasteiger partial charge in [0.25, 0.3) is 5.91 Å². The first-order valence-electron chi connectivity index (χ1n) is 8.49. The zero-order chi connectivity index (χ0) is 17.8. The number of carbonyl (C=O) groups excluding carboxylic acids is 2. The molecule has 2 N–H and O–H groups in total. The predicted molar refractivity (Wildman–Crippen MR) is 98.8 cm³/mol. The van der Waals surface area contributed by atoms with Gasteiger partial charge in [0.2, 0.25) is 5.91 Å². The third kappa shape index (κ3) is 4.18. The SMILES string of the molecule is Cc1ccc(C(=O)NCc2ccc(N3CCNC(=O)C3)cc2)cc1C. The molecular weight excluding hydrogens is 314 g/mol. The van der Waals surface area contributed by atoms with Gasteiger partial charge in [-0.15, -0.1) is 0 Å². The molecule has 130 valence electrons. The van der Waals surface area contributed by atoms with Gasteiger partial charge >= 0.3 is 0 Å². The van der Waals surface area contributed by atoms with Gasteiger partial charge in [-0.3, -0.25) is 9.59 Å². The number of nitrogens with one attached hydrogen (secondary N) is 2. The maximum absolute atomic E-state index is 12.3. The second-order valence-electron chi connectivity index (χ2n) is 6.42. The Morgan fingerprint density at radius 3 is 2.56 bits per heavy atom. The molecule has 0 aromatic heterocycles. The molecule has 5 nitrogen and oxygen atoms in total. The largest absolute Gasteiger partial charge is 0.360 e. The fourth-order valence-corrected chi connectivity index (χ4v) is 2.85. The van der Waals surface area contributed by atoms with Crippen LogP contribution in [-0.2, 0) is 11.3 Å². The van der Waals surface area contributed by atoms with Crippen molar-refractivity contribution < 1.29 is 9.59 Å². The van der Waals surface area contributed by atoms with E-state index in [1.165, 1.54) is 5.56 Å². The molecule has 0 radical (unpaired) electrons. The molecule has 0 bridgehead atoms. The van der Waals surface area contributed by atoms with Crippen molar-refractivity contribution in [3.63, 3.8) is 0 Å². The van der Waals surface area contributed by atoms with Gasteiger partial charge in [0.15, 0.2) is 0 Å². The summed E-state index contributed by atoms with van der Waals surface area (Å²) in [6, 6.07) is 13.7. The monoisotopic (exact) mass is 337 g/mol. The number of anilines is 1. The van der Waals surface area contributed by atoms with Crippen LogP contribution in [0.15, 0.2) is 42.5 Å². The van der Waals surface area contributed by atoms with E-state index in [9.17, 15) is 9.59 Å². The van der Waals surface area contributed by atoms with Crippen LogP contribution >= 0.6 is 0 Å². The summed E-state index contributed by atoms with van der Waals surface area (Å²) in [7, 11) is 0. The lowest BCUT2D eigenvalue weighted by Crippen LogP contribution is -2.47. The van der Waals surface area contributed by atoms with Crippen molar-refractivity contribution in [3.8, 4) is 0 Å². The first kappa shape index (κ1) is 17.0. The van der Waals surface area contributed by atoms with E-state index in [-0.39, 0.29) is 11.8 Å². The summed E-state index contributed by atoms with van der Waals surface area (Å²) >= 11 is 0. The maximum atomic E-state index is 12.3. The lowest BCUT2D eigenvalue weighted by molar-refractivity contribution is -0.120. The number of amides is 2. The Labute approximate surface area is 148 Å². The molecule has 25 heavy (non-hydrogen) atoms. The highest BCUT2D eigenvalue weighted by atomic mass is 16.2. The Hall–Kier alpha value is -2.82. The number of piperazine rings is 1. The second kappa shape index (κ2) is 7.38. The highest BCUT2D eigenvalue weighted by Gasteiger charge is 2.16. The maximum Gasteiger partial charge on any atom is 0.251 e. The van der Waals surface area contributed by atoms with Crippen LogP contribution in [0.1, 0.15) is 27.0 Å². The Balaban J connectivity index is 1.58. The van der Waals surface area contributed by atoms with Crippen LogP contribution < -0.4 is 15.5 Å². The van der Waals surface area contributed by atoms with E-state index in [4.69, 9.17) is 0 Å². The molecule has 2 aromatic rings. The lowest BCUT2D eigenvalue weighted by atomic mass is 10.1. The highest BCUT2D eigenvalue weighted by molar-refractivity contribution is 5.94. The number of aryl methyl sites for hydroxylation is 2. The molecule has 1 saturated heterocycles. The number of hydrogen-bond acceptors (Lipinski definition) is 3. The summed E-state index contributed by atoms with van der Waals surface area (Å²) in [5.41, 5.74) is 5.03. The molecular formula is C20H23N3O2. The van der Waals surface area contributed by atoms with Gasteiger partial charge in [-0.2, -0.15) is 0 Å². The fourth-order valence-electron chi connectivity index (χ4n) is 2.85. The van der Waals surface area contributed by atoms with Crippen molar-refractivity contribution in [1.82, 2.24) is 10.6 Å².